The quantitative estimate of drug-likeness (QED) is 0.740. The number of nitrogens with zero attached hydrogens (tertiary/aromatic N) is 2. The average Bonchev–Trinajstić information content (AvgIpc) is 2.86. The normalized spacial score (nSPS) is 11.7. The van der Waals surface area contributed by atoms with Crippen molar-refractivity contribution in [3.63, 3.8) is 0 Å². The van der Waals surface area contributed by atoms with Gasteiger partial charge < -0.3 is 14.6 Å². The number of amides is 1. The Morgan fingerprint density at radius 1 is 1.31 bits per heavy atom. The minimum atomic E-state index is -3.73. The largest absolute Gasteiger partial charge is 0.441 e. The number of sulfone groups is 1. The van der Waals surface area contributed by atoms with Gasteiger partial charge in [-0.3, -0.25) is 4.79 Å². The maximum Gasteiger partial charge on any atom is 0.235 e. The maximum absolute atomic E-state index is 13.8. The summed E-state index contributed by atoms with van der Waals surface area (Å²) in [4.78, 5) is 17.8. The van der Waals surface area contributed by atoms with Crippen LogP contribution in [-0.2, 0) is 20.4 Å². The maximum atomic E-state index is 13.8. The molecular formula is C17H22FN3O4S. The fourth-order valence-electron chi connectivity index (χ4n) is 2.24. The molecule has 0 radical (unpaired) electrons. The first-order valence-corrected chi connectivity index (χ1v) is 9.83. The Balaban J connectivity index is 2.06. The molecule has 0 saturated heterocycles. The molecule has 0 aliphatic heterocycles. The van der Waals surface area contributed by atoms with E-state index in [1.165, 1.54) is 18.2 Å². The van der Waals surface area contributed by atoms with Crippen molar-refractivity contribution in [1.29, 1.82) is 0 Å². The highest BCUT2D eigenvalue weighted by molar-refractivity contribution is 7.91. The molecule has 26 heavy (non-hydrogen) atoms. The SMILES string of the molecule is Cc1oc(-c2ccccc2F)nc1CS(=O)(=O)CC(=O)NCCN(C)C. The van der Waals surface area contributed by atoms with Gasteiger partial charge in [0.05, 0.1) is 17.0 Å². The minimum absolute atomic E-state index is 0.0150. The Morgan fingerprint density at radius 3 is 2.65 bits per heavy atom. The van der Waals surface area contributed by atoms with Gasteiger partial charge in [-0.25, -0.2) is 17.8 Å². The average molecular weight is 383 g/mol. The van der Waals surface area contributed by atoms with Crippen LogP contribution in [0.1, 0.15) is 11.5 Å². The van der Waals surface area contributed by atoms with E-state index in [9.17, 15) is 17.6 Å². The van der Waals surface area contributed by atoms with E-state index in [1.807, 2.05) is 19.0 Å². The number of carbonyl (C=O) groups is 1. The van der Waals surface area contributed by atoms with Gasteiger partial charge in [-0.2, -0.15) is 0 Å². The van der Waals surface area contributed by atoms with Crippen LogP contribution in [0, 0.1) is 12.7 Å². The van der Waals surface area contributed by atoms with Crippen LogP contribution in [0.4, 0.5) is 4.39 Å². The first kappa shape index (κ1) is 20.1. The van der Waals surface area contributed by atoms with Crippen LogP contribution in [0.2, 0.25) is 0 Å². The molecule has 2 rings (SSSR count). The molecule has 0 fully saturated rings. The lowest BCUT2D eigenvalue weighted by Crippen LogP contribution is -2.35. The Bertz CT molecular complexity index is 878. The predicted molar refractivity (Wildman–Crippen MR) is 95.7 cm³/mol. The summed E-state index contributed by atoms with van der Waals surface area (Å²) in [6.45, 7) is 2.53. The van der Waals surface area contributed by atoms with Gasteiger partial charge in [0.1, 0.15) is 17.3 Å². The minimum Gasteiger partial charge on any atom is -0.441 e. The monoisotopic (exact) mass is 383 g/mol. The summed E-state index contributed by atoms with van der Waals surface area (Å²) in [5, 5.41) is 2.56. The van der Waals surface area contributed by atoms with E-state index in [4.69, 9.17) is 4.42 Å². The van der Waals surface area contributed by atoms with E-state index in [2.05, 4.69) is 10.3 Å². The van der Waals surface area contributed by atoms with Crippen LogP contribution in [0.25, 0.3) is 11.5 Å². The van der Waals surface area contributed by atoms with Gasteiger partial charge in [-0.1, -0.05) is 12.1 Å². The Labute approximate surface area is 152 Å². The molecule has 0 saturated carbocycles. The highest BCUT2D eigenvalue weighted by Gasteiger charge is 2.22. The Morgan fingerprint density at radius 2 is 2.00 bits per heavy atom. The first-order valence-electron chi connectivity index (χ1n) is 8.01. The van der Waals surface area contributed by atoms with Gasteiger partial charge in [0.15, 0.2) is 9.84 Å². The molecule has 0 bridgehead atoms. The third-order valence-electron chi connectivity index (χ3n) is 3.59. The molecule has 1 aromatic heterocycles. The molecule has 0 atom stereocenters. The summed E-state index contributed by atoms with van der Waals surface area (Å²) < 4.78 is 43.7. The highest BCUT2D eigenvalue weighted by Crippen LogP contribution is 2.25. The standard InChI is InChI=1S/C17H22FN3O4S/c1-12-15(20-17(25-12)13-6-4-5-7-14(13)18)10-26(23,24)11-16(22)19-8-9-21(2)3/h4-7H,8-11H2,1-3H3,(H,19,22). The van der Waals surface area contributed by atoms with E-state index in [-0.39, 0.29) is 22.9 Å². The summed E-state index contributed by atoms with van der Waals surface area (Å²) in [5.74, 6) is -1.87. The molecule has 142 valence electrons. The van der Waals surface area contributed by atoms with Crippen molar-refractivity contribution in [2.45, 2.75) is 12.7 Å². The Hall–Kier alpha value is -2.26. The first-order chi connectivity index (χ1) is 12.2. The van der Waals surface area contributed by atoms with Gasteiger partial charge >= 0.3 is 0 Å². The summed E-state index contributed by atoms with van der Waals surface area (Å²) in [7, 11) is -0.0267. The van der Waals surface area contributed by atoms with Gasteiger partial charge in [0.2, 0.25) is 11.8 Å². The highest BCUT2D eigenvalue weighted by atomic mass is 32.2. The molecule has 0 unspecified atom stereocenters. The van der Waals surface area contributed by atoms with Gasteiger partial charge in [0, 0.05) is 13.1 Å². The van der Waals surface area contributed by atoms with Crippen molar-refractivity contribution in [2.75, 3.05) is 32.9 Å². The lowest BCUT2D eigenvalue weighted by molar-refractivity contribution is -0.118. The number of hydrogen-bond donors (Lipinski definition) is 1. The van der Waals surface area contributed by atoms with E-state index in [1.54, 1.807) is 13.0 Å². The van der Waals surface area contributed by atoms with Crippen molar-refractivity contribution in [2.24, 2.45) is 0 Å². The van der Waals surface area contributed by atoms with Crippen molar-refractivity contribution >= 4 is 15.7 Å². The summed E-state index contributed by atoms with van der Waals surface area (Å²) in [6, 6.07) is 5.93. The number of carbonyl (C=O) groups excluding carboxylic acids is 1. The zero-order valence-corrected chi connectivity index (χ0v) is 15.8. The molecule has 2 aromatic rings. The molecule has 7 nitrogen and oxygen atoms in total. The fourth-order valence-corrected chi connectivity index (χ4v) is 3.53. The van der Waals surface area contributed by atoms with Crippen molar-refractivity contribution in [3.8, 4) is 11.5 Å². The van der Waals surface area contributed by atoms with Crippen LogP contribution in [-0.4, -0.2) is 57.1 Å². The summed E-state index contributed by atoms with van der Waals surface area (Å²) in [5.41, 5.74) is 0.324. The molecule has 1 N–H and O–H groups in total. The number of aromatic nitrogens is 1. The number of benzene rings is 1. The topological polar surface area (TPSA) is 92.5 Å². The third-order valence-corrected chi connectivity index (χ3v) is 5.00. The zero-order chi connectivity index (χ0) is 19.3. The number of likely N-dealkylation sites (N-methyl/N-ethyl adjacent to an activating group) is 1. The van der Waals surface area contributed by atoms with Crippen LogP contribution in [0.3, 0.4) is 0 Å². The lowest BCUT2D eigenvalue weighted by atomic mass is 10.2. The molecular weight excluding hydrogens is 361 g/mol. The van der Waals surface area contributed by atoms with Crippen LogP contribution >= 0.6 is 0 Å². The third kappa shape index (κ3) is 5.63. The number of oxazole rings is 1. The van der Waals surface area contributed by atoms with E-state index >= 15 is 0 Å². The fraction of sp³-hybridized carbons (Fsp3) is 0.412. The van der Waals surface area contributed by atoms with Crippen molar-refractivity contribution in [3.05, 3.63) is 41.5 Å². The Kier molecular flexibility index (Phi) is 6.49. The van der Waals surface area contributed by atoms with Crippen molar-refractivity contribution < 1.29 is 22.0 Å². The van der Waals surface area contributed by atoms with E-state index in [0.717, 1.165) is 0 Å². The number of hydrogen-bond acceptors (Lipinski definition) is 6. The molecule has 0 spiro atoms. The molecule has 9 heteroatoms. The summed E-state index contributed by atoms with van der Waals surface area (Å²) >= 11 is 0. The van der Waals surface area contributed by atoms with Crippen LogP contribution in [0.15, 0.2) is 28.7 Å². The second kappa shape index (κ2) is 8.41. The van der Waals surface area contributed by atoms with Gasteiger partial charge in [0.25, 0.3) is 0 Å². The van der Waals surface area contributed by atoms with Crippen LogP contribution < -0.4 is 5.32 Å². The second-order valence-electron chi connectivity index (χ2n) is 6.19. The number of aryl methyl sites for hydroxylation is 1. The van der Waals surface area contributed by atoms with Gasteiger partial charge in [-0.05, 0) is 33.2 Å². The summed E-state index contributed by atoms with van der Waals surface area (Å²) in [6.07, 6.45) is 0. The lowest BCUT2D eigenvalue weighted by Gasteiger charge is -2.10. The number of rotatable bonds is 8. The van der Waals surface area contributed by atoms with Crippen LogP contribution in [0.5, 0.6) is 0 Å². The zero-order valence-electron chi connectivity index (χ0n) is 15.0. The number of halogens is 1. The molecule has 1 heterocycles. The molecule has 1 aromatic carbocycles. The second-order valence-corrected chi connectivity index (χ2v) is 8.25. The van der Waals surface area contributed by atoms with Gasteiger partial charge in [-0.15, -0.1) is 0 Å². The smallest absolute Gasteiger partial charge is 0.235 e. The number of nitrogens with one attached hydrogen (secondary N) is 1. The molecule has 1 amide bonds. The van der Waals surface area contributed by atoms with E-state index in [0.29, 0.717) is 13.1 Å². The molecule has 0 aliphatic carbocycles. The van der Waals surface area contributed by atoms with E-state index < -0.39 is 33.1 Å². The molecule has 0 aliphatic rings. The predicted octanol–water partition coefficient (Wildman–Crippen LogP) is 1.38. The van der Waals surface area contributed by atoms with Crippen molar-refractivity contribution in [1.82, 2.24) is 15.2 Å².